The molecule has 0 radical (unpaired) electrons. The SMILES string of the molecule is O=C(NCc1cccnc1)C(NCc1ccncc1)c1cccc(Br)c1. The van der Waals surface area contributed by atoms with Crippen LogP contribution in [0.1, 0.15) is 22.7 Å². The van der Waals surface area contributed by atoms with Gasteiger partial charge in [0.05, 0.1) is 0 Å². The molecular formula is C20H19BrN4O. The van der Waals surface area contributed by atoms with E-state index in [2.05, 4.69) is 36.5 Å². The van der Waals surface area contributed by atoms with Crippen LogP contribution in [0.15, 0.2) is 77.8 Å². The average molecular weight is 411 g/mol. The van der Waals surface area contributed by atoms with Gasteiger partial charge in [0.2, 0.25) is 5.91 Å². The number of carbonyl (C=O) groups excluding carboxylic acids is 1. The van der Waals surface area contributed by atoms with E-state index in [0.717, 1.165) is 21.2 Å². The summed E-state index contributed by atoms with van der Waals surface area (Å²) in [4.78, 5) is 20.9. The monoisotopic (exact) mass is 410 g/mol. The van der Waals surface area contributed by atoms with Gasteiger partial charge in [-0.3, -0.25) is 20.1 Å². The zero-order valence-electron chi connectivity index (χ0n) is 14.1. The lowest BCUT2D eigenvalue weighted by Gasteiger charge is -2.19. The summed E-state index contributed by atoms with van der Waals surface area (Å²) in [7, 11) is 0. The fraction of sp³-hybridized carbons (Fsp3) is 0.150. The summed E-state index contributed by atoms with van der Waals surface area (Å²) in [5.74, 6) is -0.0824. The van der Waals surface area contributed by atoms with Gasteiger partial charge in [0.25, 0.3) is 0 Å². The summed E-state index contributed by atoms with van der Waals surface area (Å²) in [6.07, 6.45) is 6.95. The molecule has 2 N–H and O–H groups in total. The minimum Gasteiger partial charge on any atom is -0.350 e. The Kier molecular flexibility index (Phi) is 6.46. The largest absolute Gasteiger partial charge is 0.350 e. The first-order valence-corrected chi connectivity index (χ1v) is 9.06. The topological polar surface area (TPSA) is 66.9 Å². The van der Waals surface area contributed by atoms with E-state index in [1.807, 2.05) is 48.5 Å². The highest BCUT2D eigenvalue weighted by molar-refractivity contribution is 9.10. The second kappa shape index (κ2) is 9.22. The summed E-state index contributed by atoms with van der Waals surface area (Å²) in [6.45, 7) is 1.01. The Hall–Kier alpha value is -2.57. The van der Waals surface area contributed by atoms with Crippen LogP contribution in [-0.2, 0) is 17.9 Å². The number of carbonyl (C=O) groups is 1. The van der Waals surface area contributed by atoms with E-state index >= 15 is 0 Å². The quantitative estimate of drug-likeness (QED) is 0.626. The molecule has 1 aromatic carbocycles. The van der Waals surface area contributed by atoms with Crippen molar-refractivity contribution < 1.29 is 4.79 Å². The number of amides is 1. The summed E-state index contributed by atoms with van der Waals surface area (Å²) in [6, 6.07) is 15.0. The predicted octanol–water partition coefficient (Wildman–Crippen LogP) is 3.39. The fourth-order valence-corrected chi connectivity index (χ4v) is 2.98. The molecule has 6 heteroatoms. The van der Waals surface area contributed by atoms with Crippen molar-refractivity contribution in [3.8, 4) is 0 Å². The van der Waals surface area contributed by atoms with Crippen molar-refractivity contribution in [2.45, 2.75) is 19.1 Å². The molecule has 1 atom stereocenters. The van der Waals surface area contributed by atoms with E-state index in [1.165, 1.54) is 0 Å². The van der Waals surface area contributed by atoms with Gasteiger partial charge in [-0.05, 0) is 47.0 Å². The van der Waals surface area contributed by atoms with Crippen molar-refractivity contribution in [2.24, 2.45) is 0 Å². The molecule has 3 aromatic rings. The maximum absolute atomic E-state index is 12.8. The van der Waals surface area contributed by atoms with Gasteiger partial charge in [0.15, 0.2) is 0 Å². The van der Waals surface area contributed by atoms with Crippen LogP contribution >= 0.6 is 15.9 Å². The van der Waals surface area contributed by atoms with Gasteiger partial charge in [0, 0.05) is 42.3 Å². The number of benzene rings is 1. The Morgan fingerprint density at radius 2 is 1.81 bits per heavy atom. The van der Waals surface area contributed by atoms with Crippen molar-refractivity contribution in [1.82, 2.24) is 20.6 Å². The molecule has 1 unspecified atom stereocenters. The van der Waals surface area contributed by atoms with Gasteiger partial charge in [0.1, 0.15) is 6.04 Å². The van der Waals surface area contributed by atoms with Crippen LogP contribution in [-0.4, -0.2) is 15.9 Å². The summed E-state index contributed by atoms with van der Waals surface area (Å²) in [5, 5.41) is 6.32. The third-order valence-electron chi connectivity index (χ3n) is 3.89. The highest BCUT2D eigenvalue weighted by atomic mass is 79.9. The zero-order chi connectivity index (χ0) is 18.2. The molecule has 5 nitrogen and oxygen atoms in total. The lowest BCUT2D eigenvalue weighted by molar-refractivity contribution is -0.123. The molecule has 1 amide bonds. The van der Waals surface area contributed by atoms with Crippen LogP contribution in [0.4, 0.5) is 0 Å². The Morgan fingerprint density at radius 3 is 2.54 bits per heavy atom. The van der Waals surface area contributed by atoms with E-state index < -0.39 is 6.04 Å². The van der Waals surface area contributed by atoms with Crippen LogP contribution in [0.5, 0.6) is 0 Å². The highest BCUT2D eigenvalue weighted by Crippen LogP contribution is 2.19. The molecule has 0 aliphatic heterocycles. The average Bonchev–Trinajstić information content (AvgIpc) is 2.68. The standard InChI is InChI=1S/C20H19BrN4O/c21-18-5-1-4-17(11-18)19(24-13-15-6-9-22-10-7-15)20(26)25-14-16-3-2-8-23-12-16/h1-12,19,24H,13-14H2,(H,25,26). The van der Waals surface area contributed by atoms with Gasteiger partial charge in [-0.1, -0.05) is 34.1 Å². The first kappa shape index (κ1) is 18.2. The number of hydrogen-bond acceptors (Lipinski definition) is 4. The Balaban J connectivity index is 1.72. The molecular weight excluding hydrogens is 392 g/mol. The molecule has 2 aromatic heterocycles. The van der Waals surface area contributed by atoms with Gasteiger partial charge >= 0.3 is 0 Å². The van der Waals surface area contributed by atoms with Crippen LogP contribution in [0, 0.1) is 0 Å². The van der Waals surface area contributed by atoms with Crippen LogP contribution in [0.2, 0.25) is 0 Å². The maximum Gasteiger partial charge on any atom is 0.242 e. The highest BCUT2D eigenvalue weighted by Gasteiger charge is 2.20. The predicted molar refractivity (Wildman–Crippen MR) is 104 cm³/mol. The molecule has 0 spiro atoms. The Labute approximate surface area is 161 Å². The lowest BCUT2D eigenvalue weighted by Crippen LogP contribution is -2.37. The minimum absolute atomic E-state index is 0.0824. The molecule has 0 saturated carbocycles. The van der Waals surface area contributed by atoms with E-state index in [-0.39, 0.29) is 5.91 Å². The minimum atomic E-state index is -0.461. The molecule has 0 aliphatic carbocycles. The number of hydrogen-bond donors (Lipinski definition) is 2. The second-order valence-electron chi connectivity index (χ2n) is 5.80. The molecule has 3 rings (SSSR count). The van der Waals surface area contributed by atoms with Crippen molar-refractivity contribution in [1.29, 1.82) is 0 Å². The fourth-order valence-electron chi connectivity index (χ4n) is 2.56. The maximum atomic E-state index is 12.8. The molecule has 0 saturated heterocycles. The van der Waals surface area contributed by atoms with Gasteiger partial charge < -0.3 is 5.32 Å². The van der Waals surface area contributed by atoms with E-state index in [1.54, 1.807) is 24.8 Å². The van der Waals surface area contributed by atoms with Crippen LogP contribution in [0.25, 0.3) is 0 Å². The molecule has 0 aliphatic rings. The number of halogens is 1. The number of nitrogens with one attached hydrogen (secondary N) is 2. The first-order valence-electron chi connectivity index (χ1n) is 8.27. The molecule has 26 heavy (non-hydrogen) atoms. The van der Waals surface area contributed by atoms with E-state index in [4.69, 9.17) is 0 Å². The molecule has 0 bridgehead atoms. The summed E-state index contributed by atoms with van der Waals surface area (Å²) in [5.41, 5.74) is 2.93. The molecule has 0 fully saturated rings. The zero-order valence-corrected chi connectivity index (χ0v) is 15.7. The number of aromatic nitrogens is 2. The Morgan fingerprint density at radius 1 is 0.962 bits per heavy atom. The molecule has 132 valence electrons. The van der Waals surface area contributed by atoms with Crippen LogP contribution in [0.3, 0.4) is 0 Å². The normalized spacial score (nSPS) is 11.7. The van der Waals surface area contributed by atoms with Crippen molar-refractivity contribution in [2.75, 3.05) is 0 Å². The van der Waals surface area contributed by atoms with Crippen molar-refractivity contribution in [3.05, 3.63) is 94.5 Å². The first-order chi connectivity index (χ1) is 12.7. The third kappa shape index (κ3) is 5.21. The summed E-state index contributed by atoms with van der Waals surface area (Å²) >= 11 is 3.48. The lowest BCUT2D eigenvalue weighted by atomic mass is 10.1. The van der Waals surface area contributed by atoms with E-state index in [0.29, 0.717) is 13.1 Å². The van der Waals surface area contributed by atoms with Gasteiger partial charge in [-0.2, -0.15) is 0 Å². The summed E-state index contributed by atoms with van der Waals surface area (Å²) < 4.78 is 0.936. The van der Waals surface area contributed by atoms with Gasteiger partial charge in [-0.15, -0.1) is 0 Å². The molecule has 2 heterocycles. The van der Waals surface area contributed by atoms with Gasteiger partial charge in [-0.25, -0.2) is 0 Å². The smallest absolute Gasteiger partial charge is 0.242 e. The van der Waals surface area contributed by atoms with Crippen LogP contribution < -0.4 is 10.6 Å². The van der Waals surface area contributed by atoms with Crippen molar-refractivity contribution >= 4 is 21.8 Å². The number of rotatable bonds is 7. The van der Waals surface area contributed by atoms with E-state index in [9.17, 15) is 4.79 Å². The third-order valence-corrected chi connectivity index (χ3v) is 4.39. The number of nitrogens with zero attached hydrogens (tertiary/aromatic N) is 2. The Bertz CT molecular complexity index is 843. The number of pyridine rings is 2. The second-order valence-corrected chi connectivity index (χ2v) is 6.72. The van der Waals surface area contributed by atoms with Crippen molar-refractivity contribution in [3.63, 3.8) is 0 Å².